The van der Waals surface area contributed by atoms with Crippen LogP contribution in [0.5, 0.6) is 0 Å². The van der Waals surface area contributed by atoms with Crippen molar-refractivity contribution in [3.63, 3.8) is 0 Å². The van der Waals surface area contributed by atoms with Gasteiger partial charge in [-0.15, -0.1) is 0 Å². The monoisotopic (exact) mass is 288 g/mol. The number of carboxylic acids is 1. The highest BCUT2D eigenvalue weighted by molar-refractivity contribution is 9.10. The minimum absolute atomic E-state index is 0.156. The quantitative estimate of drug-likeness (QED) is 0.926. The van der Waals surface area contributed by atoms with E-state index >= 15 is 0 Å². The SMILES string of the molecule is Cc1nn(C)c(CC(C)(C)CC(=O)O)c1Br. The van der Waals surface area contributed by atoms with Crippen LogP contribution >= 0.6 is 15.9 Å². The molecule has 0 aliphatic rings. The van der Waals surface area contributed by atoms with E-state index in [2.05, 4.69) is 21.0 Å². The zero-order chi connectivity index (χ0) is 12.5. The minimum Gasteiger partial charge on any atom is -0.481 e. The number of aromatic nitrogens is 2. The Hall–Kier alpha value is -0.840. The minimum atomic E-state index is -0.764. The first-order valence-corrected chi connectivity index (χ1v) is 5.92. The van der Waals surface area contributed by atoms with Gasteiger partial charge in [0.15, 0.2) is 0 Å². The van der Waals surface area contributed by atoms with Gasteiger partial charge in [0.1, 0.15) is 0 Å². The van der Waals surface area contributed by atoms with Crippen LogP contribution in [-0.4, -0.2) is 20.9 Å². The highest BCUT2D eigenvalue weighted by Gasteiger charge is 2.25. The summed E-state index contributed by atoms with van der Waals surface area (Å²) in [5, 5.41) is 13.1. The van der Waals surface area contributed by atoms with Crippen molar-refractivity contribution in [3.05, 3.63) is 15.9 Å². The highest BCUT2D eigenvalue weighted by atomic mass is 79.9. The molecule has 1 rings (SSSR count). The number of hydrogen-bond donors (Lipinski definition) is 1. The van der Waals surface area contributed by atoms with Crippen molar-refractivity contribution in [2.75, 3.05) is 0 Å². The summed E-state index contributed by atoms with van der Waals surface area (Å²) in [5.74, 6) is -0.764. The number of halogens is 1. The van der Waals surface area contributed by atoms with Crippen LogP contribution in [0.25, 0.3) is 0 Å². The Morgan fingerprint density at radius 1 is 1.56 bits per heavy atom. The second-order valence-electron chi connectivity index (χ2n) is 4.88. The number of aryl methyl sites for hydroxylation is 2. The van der Waals surface area contributed by atoms with Crippen molar-refractivity contribution in [3.8, 4) is 0 Å². The molecule has 1 aromatic heterocycles. The van der Waals surface area contributed by atoms with Crippen molar-refractivity contribution in [1.82, 2.24) is 9.78 Å². The lowest BCUT2D eigenvalue weighted by Gasteiger charge is -2.22. The molecule has 0 bridgehead atoms. The number of carboxylic acid groups (broad SMARTS) is 1. The van der Waals surface area contributed by atoms with Gasteiger partial charge in [-0.05, 0) is 34.7 Å². The first kappa shape index (κ1) is 13.2. The Kier molecular flexibility index (Phi) is 3.78. The van der Waals surface area contributed by atoms with Gasteiger partial charge in [-0.1, -0.05) is 13.8 Å². The molecule has 1 heterocycles. The molecule has 90 valence electrons. The lowest BCUT2D eigenvalue weighted by molar-refractivity contribution is -0.139. The van der Waals surface area contributed by atoms with Gasteiger partial charge in [-0.2, -0.15) is 5.10 Å². The number of carbonyl (C=O) groups is 1. The number of aliphatic carboxylic acids is 1. The Labute approximate surface area is 104 Å². The average molecular weight is 289 g/mol. The summed E-state index contributed by atoms with van der Waals surface area (Å²) in [6, 6.07) is 0. The lowest BCUT2D eigenvalue weighted by atomic mass is 9.84. The maximum absolute atomic E-state index is 10.7. The molecule has 1 N–H and O–H groups in total. The Balaban J connectivity index is 2.91. The lowest BCUT2D eigenvalue weighted by Crippen LogP contribution is -2.21. The summed E-state index contributed by atoms with van der Waals surface area (Å²) >= 11 is 3.49. The zero-order valence-corrected chi connectivity index (χ0v) is 11.6. The number of nitrogens with zero attached hydrogens (tertiary/aromatic N) is 2. The van der Waals surface area contributed by atoms with Gasteiger partial charge in [-0.25, -0.2) is 0 Å². The van der Waals surface area contributed by atoms with Crippen LogP contribution in [0.15, 0.2) is 4.47 Å². The summed E-state index contributed by atoms with van der Waals surface area (Å²) in [6.07, 6.45) is 0.848. The summed E-state index contributed by atoms with van der Waals surface area (Å²) in [5.41, 5.74) is 1.71. The standard InChI is InChI=1S/C11H17BrN2O2/c1-7-10(12)8(14(4)13-7)5-11(2,3)6-9(15)16/h5-6H2,1-4H3,(H,15,16). The van der Waals surface area contributed by atoms with Gasteiger partial charge < -0.3 is 5.11 Å². The van der Waals surface area contributed by atoms with Crippen LogP contribution in [0.2, 0.25) is 0 Å². The predicted molar refractivity (Wildman–Crippen MR) is 65.4 cm³/mol. The normalized spacial score (nSPS) is 11.8. The third-order valence-electron chi connectivity index (χ3n) is 2.54. The smallest absolute Gasteiger partial charge is 0.303 e. The third kappa shape index (κ3) is 3.07. The van der Waals surface area contributed by atoms with E-state index in [1.165, 1.54) is 0 Å². The number of rotatable bonds is 4. The molecule has 1 aromatic rings. The van der Waals surface area contributed by atoms with E-state index in [0.29, 0.717) is 6.42 Å². The van der Waals surface area contributed by atoms with Crippen LogP contribution < -0.4 is 0 Å². The molecule has 0 atom stereocenters. The molecule has 0 unspecified atom stereocenters. The van der Waals surface area contributed by atoms with E-state index in [-0.39, 0.29) is 11.8 Å². The van der Waals surface area contributed by atoms with Crippen LogP contribution in [0.1, 0.15) is 31.7 Å². The van der Waals surface area contributed by atoms with Crippen molar-refractivity contribution in [2.24, 2.45) is 12.5 Å². The Morgan fingerprint density at radius 2 is 2.12 bits per heavy atom. The summed E-state index contributed by atoms with van der Waals surface area (Å²) in [7, 11) is 1.88. The van der Waals surface area contributed by atoms with E-state index in [9.17, 15) is 4.79 Å². The van der Waals surface area contributed by atoms with E-state index in [1.54, 1.807) is 0 Å². The molecule has 0 fully saturated rings. The van der Waals surface area contributed by atoms with Gasteiger partial charge >= 0.3 is 5.97 Å². The second kappa shape index (κ2) is 4.57. The fourth-order valence-electron chi connectivity index (χ4n) is 1.80. The van der Waals surface area contributed by atoms with Crippen molar-refractivity contribution in [2.45, 2.75) is 33.6 Å². The molecule has 16 heavy (non-hydrogen) atoms. The van der Waals surface area contributed by atoms with Crippen molar-refractivity contribution >= 4 is 21.9 Å². The van der Waals surface area contributed by atoms with Gasteiger partial charge in [-0.3, -0.25) is 9.48 Å². The van der Waals surface area contributed by atoms with Crippen LogP contribution in [0.4, 0.5) is 0 Å². The Bertz CT molecular complexity index is 410. The fraction of sp³-hybridized carbons (Fsp3) is 0.636. The highest BCUT2D eigenvalue weighted by Crippen LogP contribution is 2.30. The zero-order valence-electron chi connectivity index (χ0n) is 10.0. The molecular weight excluding hydrogens is 272 g/mol. The molecule has 0 aromatic carbocycles. The summed E-state index contributed by atoms with van der Waals surface area (Å²) < 4.78 is 2.79. The van der Waals surface area contributed by atoms with E-state index in [0.717, 1.165) is 15.9 Å². The molecule has 0 aliphatic heterocycles. The van der Waals surface area contributed by atoms with E-state index < -0.39 is 5.97 Å². The second-order valence-corrected chi connectivity index (χ2v) is 5.67. The van der Waals surface area contributed by atoms with Crippen LogP contribution in [-0.2, 0) is 18.3 Å². The molecule has 0 radical (unpaired) electrons. The molecule has 0 saturated heterocycles. The third-order valence-corrected chi connectivity index (χ3v) is 3.57. The Morgan fingerprint density at radius 3 is 2.50 bits per heavy atom. The van der Waals surface area contributed by atoms with E-state index in [4.69, 9.17) is 5.11 Å². The van der Waals surface area contributed by atoms with Gasteiger partial charge in [0, 0.05) is 7.05 Å². The molecule has 4 nitrogen and oxygen atoms in total. The van der Waals surface area contributed by atoms with Crippen LogP contribution in [0, 0.1) is 12.3 Å². The topological polar surface area (TPSA) is 55.1 Å². The maximum atomic E-state index is 10.7. The number of hydrogen-bond acceptors (Lipinski definition) is 2. The molecule has 0 saturated carbocycles. The molecule has 0 aliphatic carbocycles. The van der Waals surface area contributed by atoms with Crippen molar-refractivity contribution < 1.29 is 9.90 Å². The first-order valence-electron chi connectivity index (χ1n) is 5.13. The van der Waals surface area contributed by atoms with E-state index in [1.807, 2.05) is 32.5 Å². The van der Waals surface area contributed by atoms with Crippen LogP contribution in [0.3, 0.4) is 0 Å². The largest absolute Gasteiger partial charge is 0.481 e. The molecular formula is C11H17BrN2O2. The average Bonchev–Trinajstić information content (AvgIpc) is 2.29. The molecule has 0 amide bonds. The first-order chi connectivity index (χ1) is 7.23. The molecule has 5 heteroatoms. The summed E-state index contributed by atoms with van der Waals surface area (Å²) in [4.78, 5) is 10.7. The fourth-order valence-corrected chi connectivity index (χ4v) is 2.27. The summed E-state index contributed by atoms with van der Waals surface area (Å²) in [6.45, 7) is 5.84. The van der Waals surface area contributed by atoms with Gasteiger partial charge in [0.25, 0.3) is 0 Å². The van der Waals surface area contributed by atoms with Gasteiger partial charge in [0.2, 0.25) is 0 Å². The molecule has 0 spiro atoms. The van der Waals surface area contributed by atoms with Crippen molar-refractivity contribution in [1.29, 1.82) is 0 Å². The maximum Gasteiger partial charge on any atom is 0.303 e. The van der Waals surface area contributed by atoms with Gasteiger partial charge in [0.05, 0.1) is 22.3 Å². The predicted octanol–water partition coefficient (Wildman–Crippen LogP) is 2.53.